The van der Waals surface area contributed by atoms with Crippen LogP contribution in [0.4, 0.5) is 0 Å². The Morgan fingerprint density at radius 3 is 2.43 bits per heavy atom. The van der Waals surface area contributed by atoms with Crippen LogP contribution in [0.25, 0.3) is 0 Å². The first-order valence-corrected chi connectivity index (χ1v) is 5.44. The average Bonchev–Trinajstić information content (AvgIpc) is 2.18. The van der Waals surface area contributed by atoms with Gasteiger partial charge < -0.3 is 14.8 Å². The minimum absolute atomic E-state index is 0.625. The average molecular weight is 203 g/mol. The van der Waals surface area contributed by atoms with Crippen LogP contribution in [0.1, 0.15) is 20.3 Å². The number of methoxy groups -OCH3 is 2. The van der Waals surface area contributed by atoms with Crippen molar-refractivity contribution in [2.45, 2.75) is 20.3 Å². The van der Waals surface area contributed by atoms with Crippen LogP contribution in [0.2, 0.25) is 0 Å². The first-order chi connectivity index (χ1) is 6.76. The molecule has 2 atom stereocenters. The van der Waals surface area contributed by atoms with Gasteiger partial charge in [-0.3, -0.25) is 0 Å². The molecule has 0 spiro atoms. The fraction of sp³-hybridized carbons (Fsp3) is 1.00. The standard InChI is InChI=1S/C11H25NO2/c1-5-11(10(2)9-14-4)8-12-6-7-13-3/h10-12H,5-9H2,1-4H3. The van der Waals surface area contributed by atoms with Crippen LogP contribution in [0.3, 0.4) is 0 Å². The van der Waals surface area contributed by atoms with Gasteiger partial charge >= 0.3 is 0 Å². The second kappa shape index (κ2) is 9.44. The number of ether oxygens (including phenoxy) is 2. The molecule has 3 nitrogen and oxygen atoms in total. The van der Waals surface area contributed by atoms with E-state index in [1.165, 1.54) is 6.42 Å². The van der Waals surface area contributed by atoms with E-state index in [0.29, 0.717) is 11.8 Å². The van der Waals surface area contributed by atoms with Crippen LogP contribution < -0.4 is 5.32 Å². The third-order valence-electron chi connectivity index (χ3n) is 2.65. The van der Waals surface area contributed by atoms with E-state index in [4.69, 9.17) is 9.47 Å². The minimum Gasteiger partial charge on any atom is -0.384 e. The van der Waals surface area contributed by atoms with E-state index in [9.17, 15) is 0 Å². The van der Waals surface area contributed by atoms with Gasteiger partial charge in [-0.15, -0.1) is 0 Å². The molecule has 3 heteroatoms. The molecule has 0 radical (unpaired) electrons. The van der Waals surface area contributed by atoms with Gasteiger partial charge in [0.15, 0.2) is 0 Å². The Morgan fingerprint density at radius 2 is 1.93 bits per heavy atom. The molecule has 0 bridgehead atoms. The lowest BCUT2D eigenvalue weighted by Gasteiger charge is -2.22. The van der Waals surface area contributed by atoms with Gasteiger partial charge in [-0.1, -0.05) is 20.3 Å². The molecule has 0 aromatic heterocycles. The van der Waals surface area contributed by atoms with Crippen molar-refractivity contribution in [3.63, 3.8) is 0 Å². The molecule has 0 amide bonds. The predicted octanol–water partition coefficient (Wildman–Crippen LogP) is 1.53. The molecule has 0 aliphatic rings. The maximum Gasteiger partial charge on any atom is 0.0587 e. The number of hydrogen-bond acceptors (Lipinski definition) is 3. The lowest BCUT2D eigenvalue weighted by atomic mass is 9.92. The highest BCUT2D eigenvalue weighted by Crippen LogP contribution is 2.14. The zero-order valence-corrected chi connectivity index (χ0v) is 10.0. The van der Waals surface area contributed by atoms with Crippen LogP contribution in [-0.4, -0.2) is 40.5 Å². The smallest absolute Gasteiger partial charge is 0.0587 e. The summed E-state index contributed by atoms with van der Waals surface area (Å²) >= 11 is 0. The van der Waals surface area contributed by atoms with E-state index >= 15 is 0 Å². The lowest BCUT2D eigenvalue weighted by Crippen LogP contribution is -2.30. The molecular formula is C11H25NO2. The molecule has 0 aromatic rings. The summed E-state index contributed by atoms with van der Waals surface area (Å²) in [6.07, 6.45) is 1.20. The minimum atomic E-state index is 0.625. The highest BCUT2D eigenvalue weighted by molar-refractivity contribution is 4.67. The fourth-order valence-electron chi connectivity index (χ4n) is 1.61. The molecule has 0 aliphatic heterocycles. The molecule has 0 heterocycles. The molecule has 14 heavy (non-hydrogen) atoms. The summed E-state index contributed by atoms with van der Waals surface area (Å²) in [4.78, 5) is 0. The Labute approximate surface area is 88.2 Å². The Hall–Kier alpha value is -0.120. The summed E-state index contributed by atoms with van der Waals surface area (Å²) in [5, 5.41) is 3.40. The molecule has 0 saturated heterocycles. The van der Waals surface area contributed by atoms with Crippen LogP contribution in [0, 0.1) is 11.8 Å². The monoisotopic (exact) mass is 203 g/mol. The van der Waals surface area contributed by atoms with E-state index in [-0.39, 0.29) is 0 Å². The Morgan fingerprint density at radius 1 is 1.21 bits per heavy atom. The third-order valence-corrected chi connectivity index (χ3v) is 2.65. The van der Waals surface area contributed by atoms with E-state index < -0.39 is 0 Å². The van der Waals surface area contributed by atoms with Gasteiger partial charge in [-0.25, -0.2) is 0 Å². The summed E-state index contributed by atoms with van der Waals surface area (Å²) in [6, 6.07) is 0. The highest BCUT2D eigenvalue weighted by Gasteiger charge is 2.14. The highest BCUT2D eigenvalue weighted by atomic mass is 16.5. The van der Waals surface area contributed by atoms with Gasteiger partial charge in [0.05, 0.1) is 6.61 Å². The van der Waals surface area contributed by atoms with Crippen LogP contribution in [-0.2, 0) is 9.47 Å². The van der Waals surface area contributed by atoms with Crippen molar-refractivity contribution in [3.8, 4) is 0 Å². The second-order valence-corrected chi connectivity index (χ2v) is 3.80. The van der Waals surface area contributed by atoms with Crippen molar-refractivity contribution in [2.75, 3.05) is 40.5 Å². The fourth-order valence-corrected chi connectivity index (χ4v) is 1.61. The Kier molecular flexibility index (Phi) is 9.35. The first kappa shape index (κ1) is 13.9. The SMILES string of the molecule is CCC(CNCCOC)C(C)COC. The summed E-state index contributed by atoms with van der Waals surface area (Å²) < 4.78 is 10.1. The van der Waals surface area contributed by atoms with Crippen LogP contribution in [0.15, 0.2) is 0 Å². The van der Waals surface area contributed by atoms with Crippen molar-refractivity contribution in [1.29, 1.82) is 0 Å². The van der Waals surface area contributed by atoms with E-state index in [2.05, 4.69) is 19.2 Å². The molecule has 0 fully saturated rings. The Balaban J connectivity index is 3.56. The quantitative estimate of drug-likeness (QED) is 0.576. The van der Waals surface area contributed by atoms with Gasteiger partial charge in [0.25, 0.3) is 0 Å². The molecule has 2 unspecified atom stereocenters. The van der Waals surface area contributed by atoms with E-state index in [0.717, 1.165) is 26.3 Å². The number of nitrogens with one attached hydrogen (secondary N) is 1. The van der Waals surface area contributed by atoms with Crippen molar-refractivity contribution in [2.24, 2.45) is 11.8 Å². The zero-order valence-electron chi connectivity index (χ0n) is 10.0. The molecule has 0 rings (SSSR count). The predicted molar refractivity (Wildman–Crippen MR) is 59.6 cm³/mol. The summed E-state index contributed by atoms with van der Waals surface area (Å²) in [7, 11) is 3.49. The van der Waals surface area contributed by atoms with Crippen molar-refractivity contribution >= 4 is 0 Å². The molecular weight excluding hydrogens is 178 g/mol. The van der Waals surface area contributed by atoms with Gasteiger partial charge in [-0.05, 0) is 18.4 Å². The summed E-state index contributed by atoms with van der Waals surface area (Å²) in [6.45, 7) is 8.11. The van der Waals surface area contributed by atoms with Gasteiger partial charge in [0.2, 0.25) is 0 Å². The van der Waals surface area contributed by atoms with E-state index in [1.54, 1.807) is 14.2 Å². The molecule has 86 valence electrons. The molecule has 1 N–H and O–H groups in total. The second-order valence-electron chi connectivity index (χ2n) is 3.80. The van der Waals surface area contributed by atoms with Crippen LogP contribution >= 0.6 is 0 Å². The van der Waals surface area contributed by atoms with Crippen molar-refractivity contribution in [3.05, 3.63) is 0 Å². The molecule has 0 saturated carbocycles. The number of hydrogen-bond donors (Lipinski definition) is 1. The van der Waals surface area contributed by atoms with Gasteiger partial charge in [0.1, 0.15) is 0 Å². The first-order valence-electron chi connectivity index (χ1n) is 5.44. The van der Waals surface area contributed by atoms with Crippen molar-refractivity contribution in [1.82, 2.24) is 5.32 Å². The van der Waals surface area contributed by atoms with Gasteiger partial charge in [0, 0.05) is 27.4 Å². The Bertz CT molecular complexity index is 120. The third kappa shape index (κ3) is 6.35. The van der Waals surface area contributed by atoms with Gasteiger partial charge in [-0.2, -0.15) is 0 Å². The number of rotatable bonds is 9. The maximum absolute atomic E-state index is 5.16. The topological polar surface area (TPSA) is 30.5 Å². The largest absolute Gasteiger partial charge is 0.384 e. The van der Waals surface area contributed by atoms with Crippen LogP contribution in [0.5, 0.6) is 0 Å². The van der Waals surface area contributed by atoms with Crippen molar-refractivity contribution < 1.29 is 9.47 Å². The lowest BCUT2D eigenvalue weighted by molar-refractivity contribution is 0.125. The zero-order chi connectivity index (χ0) is 10.8. The normalized spacial score (nSPS) is 15.4. The molecule has 0 aliphatic carbocycles. The summed E-state index contributed by atoms with van der Waals surface area (Å²) in [5.74, 6) is 1.33. The van der Waals surface area contributed by atoms with E-state index in [1.807, 2.05) is 0 Å². The summed E-state index contributed by atoms with van der Waals surface area (Å²) in [5.41, 5.74) is 0. The molecule has 0 aromatic carbocycles. The maximum atomic E-state index is 5.16.